The van der Waals surface area contributed by atoms with E-state index in [-0.39, 0.29) is 29.8 Å². The van der Waals surface area contributed by atoms with E-state index in [1.807, 2.05) is 13.8 Å². The average Bonchev–Trinajstić information content (AvgIpc) is 2.78. The van der Waals surface area contributed by atoms with Crippen LogP contribution in [0.3, 0.4) is 0 Å². The maximum atomic E-state index is 13.0. The number of fused-ring (bicyclic) bond motifs is 1. The van der Waals surface area contributed by atoms with E-state index in [2.05, 4.69) is 30.3 Å². The minimum Gasteiger partial charge on any atom is -0.497 e. The van der Waals surface area contributed by atoms with Gasteiger partial charge in [-0.15, -0.1) is 0 Å². The Balaban J connectivity index is 2.07. The van der Waals surface area contributed by atoms with Gasteiger partial charge >= 0.3 is 0 Å². The van der Waals surface area contributed by atoms with E-state index in [4.69, 9.17) is 19.6 Å². The van der Waals surface area contributed by atoms with E-state index < -0.39 is 14.2 Å². The summed E-state index contributed by atoms with van der Waals surface area (Å²) in [7, 11) is 1.96. The van der Waals surface area contributed by atoms with Gasteiger partial charge in [-0.25, -0.2) is 0 Å². The SMILES string of the molecule is COc1cc2c(c(-c3cn(C)c(=O)c(NCOCC[Si](C)(C)C)c3C=N)c1)OC(C(C)C)C(=O)N2. The molecule has 0 aliphatic carbocycles. The molecule has 190 valence electrons. The molecule has 1 unspecified atom stereocenters. The number of carbonyl (C=O) groups excluding carboxylic acids is 1. The van der Waals surface area contributed by atoms with Gasteiger partial charge in [-0.05, 0) is 18.0 Å². The van der Waals surface area contributed by atoms with E-state index >= 15 is 0 Å². The van der Waals surface area contributed by atoms with Crippen LogP contribution in [0.25, 0.3) is 11.1 Å². The molecule has 0 fully saturated rings. The molecular weight excluding hydrogens is 464 g/mol. The molecule has 0 saturated carbocycles. The Bertz CT molecular complexity index is 1170. The van der Waals surface area contributed by atoms with Gasteiger partial charge in [0.2, 0.25) is 0 Å². The van der Waals surface area contributed by atoms with Gasteiger partial charge in [0.1, 0.15) is 18.2 Å². The molecule has 1 aliphatic heterocycles. The standard InChI is InChI=1S/C25H36N4O5Si/c1-15(2)22-24(30)28-20-11-16(32-4)10-17(23(20)34-22)19-13-29(3)25(31)21(18(19)12-26)27-14-33-8-9-35(5,6)7/h10-13,15,22,26-27H,8-9,14H2,1-7H3,(H,28,30). The predicted octanol–water partition coefficient (Wildman–Crippen LogP) is 4.14. The molecule has 2 heterocycles. The van der Waals surface area contributed by atoms with Gasteiger partial charge in [0, 0.05) is 56.9 Å². The smallest absolute Gasteiger partial charge is 0.274 e. The second kappa shape index (κ2) is 10.7. The fourth-order valence-corrected chi connectivity index (χ4v) is 4.58. The number of ether oxygens (including phenoxy) is 3. The summed E-state index contributed by atoms with van der Waals surface area (Å²) in [6.07, 6.45) is 2.15. The van der Waals surface area contributed by atoms with Crippen LogP contribution in [-0.2, 0) is 16.6 Å². The molecule has 3 N–H and O–H groups in total. The number of aryl methyl sites for hydroxylation is 1. The topological polar surface area (TPSA) is 115 Å². The highest BCUT2D eigenvalue weighted by Gasteiger charge is 2.33. The summed E-state index contributed by atoms with van der Waals surface area (Å²) in [4.78, 5) is 25.6. The summed E-state index contributed by atoms with van der Waals surface area (Å²) in [5.41, 5.74) is 2.09. The molecule has 3 rings (SSSR count). The van der Waals surface area contributed by atoms with E-state index in [9.17, 15) is 9.59 Å². The van der Waals surface area contributed by atoms with Crippen molar-refractivity contribution >= 4 is 31.6 Å². The highest BCUT2D eigenvalue weighted by Crippen LogP contribution is 2.44. The van der Waals surface area contributed by atoms with E-state index in [0.29, 0.717) is 40.5 Å². The first-order chi connectivity index (χ1) is 16.5. The largest absolute Gasteiger partial charge is 0.497 e. The Hall–Kier alpha value is -3.11. The molecule has 0 spiro atoms. The molecule has 2 aromatic rings. The first-order valence-corrected chi connectivity index (χ1v) is 15.4. The van der Waals surface area contributed by atoms with Crippen LogP contribution in [0.15, 0.2) is 23.1 Å². The van der Waals surface area contributed by atoms with Gasteiger partial charge < -0.3 is 34.8 Å². The lowest BCUT2D eigenvalue weighted by Crippen LogP contribution is -2.40. The van der Waals surface area contributed by atoms with Crippen molar-refractivity contribution in [2.45, 2.75) is 45.6 Å². The third-order valence-electron chi connectivity index (χ3n) is 5.86. The quantitative estimate of drug-likeness (QED) is 0.196. The number of amides is 1. The molecule has 1 atom stereocenters. The molecule has 9 nitrogen and oxygen atoms in total. The van der Waals surface area contributed by atoms with Gasteiger partial charge in [-0.2, -0.15) is 0 Å². The fraction of sp³-hybridized carbons (Fsp3) is 0.480. The number of benzene rings is 1. The van der Waals surface area contributed by atoms with E-state index in [0.717, 1.165) is 12.3 Å². The zero-order valence-electron chi connectivity index (χ0n) is 21.6. The van der Waals surface area contributed by atoms with Gasteiger partial charge in [0.25, 0.3) is 11.5 Å². The number of nitrogens with one attached hydrogen (secondary N) is 3. The zero-order chi connectivity index (χ0) is 25.9. The second-order valence-corrected chi connectivity index (χ2v) is 15.9. The van der Waals surface area contributed by atoms with E-state index in [1.54, 1.807) is 25.4 Å². The minimum atomic E-state index is -1.23. The van der Waals surface area contributed by atoms with Crippen LogP contribution in [0.5, 0.6) is 11.5 Å². The fourth-order valence-electron chi connectivity index (χ4n) is 3.82. The first-order valence-electron chi connectivity index (χ1n) is 11.7. The minimum absolute atomic E-state index is 0.0500. The molecule has 35 heavy (non-hydrogen) atoms. The highest BCUT2D eigenvalue weighted by atomic mass is 28.3. The first kappa shape index (κ1) is 26.5. The molecule has 0 saturated heterocycles. The third-order valence-corrected chi connectivity index (χ3v) is 7.57. The number of rotatable bonds is 10. The van der Waals surface area contributed by atoms with Crippen molar-refractivity contribution in [2.75, 3.05) is 31.1 Å². The summed E-state index contributed by atoms with van der Waals surface area (Å²) in [5.74, 6) is 0.714. The van der Waals surface area contributed by atoms with Gasteiger partial charge in [0.15, 0.2) is 11.9 Å². The molecule has 1 amide bonds. The molecule has 10 heteroatoms. The predicted molar refractivity (Wildman–Crippen MR) is 142 cm³/mol. The van der Waals surface area contributed by atoms with Crippen LogP contribution < -0.4 is 25.7 Å². The number of aromatic nitrogens is 1. The normalized spacial score (nSPS) is 15.3. The number of hydrogen-bond acceptors (Lipinski definition) is 7. The number of anilines is 2. The number of nitrogens with zero attached hydrogens (tertiary/aromatic N) is 1. The molecule has 1 aliphatic rings. The van der Waals surface area contributed by atoms with Crippen LogP contribution in [-0.4, -0.2) is 51.3 Å². The second-order valence-electron chi connectivity index (χ2n) is 10.3. The van der Waals surface area contributed by atoms with Crippen molar-refractivity contribution in [3.8, 4) is 22.6 Å². The number of carbonyl (C=O) groups is 1. The number of hydrogen-bond donors (Lipinski definition) is 3. The van der Waals surface area contributed by atoms with E-state index in [1.165, 1.54) is 11.7 Å². The average molecular weight is 501 g/mol. The van der Waals surface area contributed by atoms with Crippen molar-refractivity contribution in [1.82, 2.24) is 4.57 Å². The van der Waals surface area contributed by atoms with Crippen molar-refractivity contribution in [2.24, 2.45) is 13.0 Å². The van der Waals surface area contributed by atoms with Crippen molar-refractivity contribution in [3.63, 3.8) is 0 Å². The van der Waals surface area contributed by atoms with Crippen LogP contribution in [0.1, 0.15) is 19.4 Å². The lowest BCUT2D eigenvalue weighted by Gasteiger charge is -2.30. The Labute approximate surface area is 207 Å². The summed E-state index contributed by atoms with van der Waals surface area (Å²) >= 11 is 0. The molecule has 0 bridgehead atoms. The molecule has 1 aromatic heterocycles. The van der Waals surface area contributed by atoms with Crippen molar-refractivity contribution < 1.29 is 19.0 Å². The molecule has 1 aromatic carbocycles. The van der Waals surface area contributed by atoms with Crippen LogP contribution in [0.4, 0.5) is 11.4 Å². The van der Waals surface area contributed by atoms with Crippen LogP contribution >= 0.6 is 0 Å². The lowest BCUT2D eigenvalue weighted by atomic mass is 9.97. The Morgan fingerprint density at radius 2 is 1.97 bits per heavy atom. The van der Waals surface area contributed by atoms with Crippen molar-refractivity contribution in [3.05, 3.63) is 34.2 Å². The van der Waals surface area contributed by atoms with Crippen LogP contribution in [0.2, 0.25) is 25.7 Å². The molecule has 0 radical (unpaired) electrons. The van der Waals surface area contributed by atoms with Gasteiger partial charge in [-0.1, -0.05) is 33.5 Å². The van der Waals surface area contributed by atoms with Gasteiger partial charge in [-0.3, -0.25) is 9.59 Å². The Morgan fingerprint density at radius 3 is 2.57 bits per heavy atom. The zero-order valence-corrected chi connectivity index (χ0v) is 22.6. The van der Waals surface area contributed by atoms with Gasteiger partial charge in [0.05, 0.1) is 12.8 Å². The van der Waals surface area contributed by atoms with Crippen LogP contribution in [0, 0.1) is 11.3 Å². The highest BCUT2D eigenvalue weighted by molar-refractivity contribution is 6.76. The maximum Gasteiger partial charge on any atom is 0.274 e. The van der Waals surface area contributed by atoms with Crippen molar-refractivity contribution in [1.29, 1.82) is 5.41 Å². The summed E-state index contributed by atoms with van der Waals surface area (Å²) in [5, 5.41) is 14.1. The molecular formula is C25H36N4O5Si. The third kappa shape index (κ3) is 5.94. The summed E-state index contributed by atoms with van der Waals surface area (Å²) in [6, 6.07) is 4.50. The summed E-state index contributed by atoms with van der Waals surface area (Å²) in [6.45, 7) is 11.4. The number of pyridine rings is 1. The number of methoxy groups -OCH3 is 1. The summed E-state index contributed by atoms with van der Waals surface area (Å²) < 4.78 is 18.8. The Kier molecular flexibility index (Phi) is 8.06. The Morgan fingerprint density at radius 1 is 1.26 bits per heavy atom. The maximum absolute atomic E-state index is 13.0. The monoisotopic (exact) mass is 500 g/mol. The lowest BCUT2D eigenvalue weighted by molar-refractivity contribution is -0.125.